The fraction of sp³-hybridized carbons (Fsp3) is 0.364. The van der Waals surface area contributed by atoms with Crippen molar-refractivity contribution in [3.63, 3.8) is 0 Å². The molecule has 31 heavy (non-hydrogen) atoms. The van der Waals surface area contributed by atoms with Gasteiger partial charge in [-0.3, -0.25) is 4.79 Å². The summed E-state index contributed by atoms with van der Waals surface area (Å²) in [6.07, 6.45) is -5.25. The second-order valence-electron chi connectivity index (χ2n) is 7.80. The number of hydrogen-bond acceptors (Lipinski definition) is 4. The molecule has 0 aliphatic heterocycles. The van der Waals surface area contributed by atoms with Crippen molar-refractivity contribution in [2.75, 3.05) is 0 Å². The highest BCUT2D eigenvalue weighted by Gasteiger charge is 2.31. The summed E-state index contributed by atoms with van der Waals surface area (Å²) in [5.74, 6) is -0.804. The van der Waals surface area contributed by atoms with Crippen LogP contribution in [0.5, 0.6) is 5.75 Å². The molecule has 2 amide bonds. The number of carbonyl (C=O) groups excluding carboxylic acids is 2. The highest BCUT2D eigenvalue weighted by molar-refractivity contribution is 5.86. The number of alkyl carbamates (subject to hydrolysis) is 1. The molecule has 0 heterocycles. The number of benzene rings is 2. The summed E-state index contributed by atoms with van der Waals surface area (Å²) in [5, 5.41) is 5.26. The molecule has 9 heteroatoms. The number of hydrogen-bond donors (Lipinski definition) is 2. The molecule has 168 valence electrons. The third-order valence-corrected chi connectivity index (χ3v) is 3.91. The number of nitrogens with one attached hydrogen (secondary N) is 2. The van der Waals surface area contributed by atoms with Gasteiger partial charge in [0.2, 0.25) is 5.91 Å². The first kappa shape index (κ1) is 24.0. The van der Waals surface area contributed by atoms with Crippen LogP contribution in [0.1, 0.15) is 31.9 Å². The van der Waals surface area contributed by atoms with Gasteiger partial charge in [0.05, 0.1) is 0 Å². The van der Waals surface area contributed by atoms with Crippen LogP contribution in [0.4, 0.5) is 18.0 Å². The second-order valence-corrected chi connectivity index (χ2v) is 7.80. The van der Waals surface area contributed by atoms with Gasteiger partial charge in [0.15, 0.2) is 0 Å². The van der Waals surface area contributed by atoms with Gasteiger partial charge >= 0.3 is 12.5 Å². The zero-order chi connectivity index (χ0) is 23.1. The van der Waals surface area contributed by atoms with Crippen molar-refractivity contribution in [1.29, 1.82) is 0 Å². The lowest BCUT2D eigenvalue weighted by Crippen LogP contribution is -2.49. The first-order chi connectivity index (χ1) is 14.4. The van der Waals surface area contributed by atoms with Crippen molar-refractivity contribution < 1.29 is 32.2 Å². The lowest BCUT2D eigenvalue weighted by atomic mass is 10.1. The molecule has 1 unspecified atom stereocenters. The summed E-state index contributed by atoms with van der Waals surface area (Å²) < 4.78 is 45.8. The highest BCUT2D eigenvalue weighted by Crippen LogP contribution is 2.22. The Labute approximate surface area is 178 Å². The van der Waals surface area contributed by atoms with E-state index in [0.29, 0.717) is 5.56 Å². The molecule has 0 aliphatic rings. The van der Waals surface area contributed by atoms with Crippen molar-refractivity contribution >= 4 is 12.0 Å². The van der Waals surface area contributed by atoms with Crippen LogP contribution in [0, 0.1) is 0 Å². The molecule has 1 atom stereocenters. The Morgan fingerprint density at radius 3 is 2.10 bits per heavy atom. The van der Waals surface area contributed by atoms with Crippen molar-refractivity contribution in [3.05, 3.63) is 65.7 Å². The van der Waals surface area contributed by atoms with Crippen LogP contribution in [-0.4, -0.2) is 30.0 Å². The van der Waals surface area contributed by atoms with Crippen molar-refractivity contribution in [2.45, 2.75) is 51.7 Å². The summed E-state index contributed by atoms with van der Waals surface area (Å²) in [6.45, 7) is 5.20. The van der Waals surface area contributed by atoms with E-state index in [-0.39, 0.29) is 18.7 Å². The molecule has 0 saturated heterocycles. The zero-order valence-electron chi connectivity index (χ0n) is 17.5. The molecule has 2 rings (SSSR count). The Hall–Kier alpha value is -3.23. The Kier molecular flexibility index (Phi) is 7.90. The quantitative estimate of drug-likeness (QED) is 0.675. The molecule has 0 saturated carbocycles. The predicted molar refractivity (Wildman–Crippen MR) is 108 cm³/mol. The zero-order valence-corrected chi connectivity index (χ0v) is 17.5. The van der Waals surface area contributed by atoms with Gasteiger partial charge in [-0.2, -0.15) is 0 Å². The molecule has 2 aromatic carbocycles. The summed E-state index contributed by atoms with van der Waals surface area (Å²) in [7, 11) is 0. The highest BCUT2D eigenvalue weighted by atomic mass is 19.4. The van der Waals surface area contributed by atoms with E-state index < -0.39 is 30.0 Å². The maximum absolute atomic E-state index is 12.7. The first-order valence-corrected chi connectivity index (χ1v) is 9.57. The fourth-order valence-corrected chi connectivity index (χ4v) is 2.63. The number of rotatable bonds is 7. The summed E-state index contributed by atoms with van der Waals surface area (Å²) in [4.78, 5) is 24.9. The van der Waals surface area contributed by atoms with Crippen LogP contribution < -0.4 is 15.4 Å². The Morgan fingerprint density at radius 1 is 0.935 bits per heavy atom. The standard InChI is InChI=1S/C22H25F3N2O4/c1-21(2,3)31-20(29)27-18(13-15-7-5-4-6-8-15)19(28)26-14-16-9-11-17(12-10-16)30-22(23,24)25/h4-12,18H,13-14H2,1-3H3,(H,26,28)(H,27,29). The van der Waals surface area contributed by atoms with E-state index in [1.807, 2.05) is 30.3 Å². The van der Waals surface area contributed by atoms with Crippen LogP contribution in [0.25, 0.3) is 0 Å². The van der Waals surface area contributed by atoms with Crippen LogP contribution in [0.3, 0.4) is 0 Å². The van der Waals surface area contributed by atoms with Crippen LogP contribution >= 0.6 is 0 Å². The normalized spacial score (nSPS) is 12.6. The van der Waals surface area contributed by atoms with Crippen LogP contribution in [0.15, 0.2) is 54.6 Å². The minimum Gasteiger partial charge on any atom is -0.444 e. The van der Waals surface area contributed by atoms with E-state index in [1.165, 1.54) is 12.1 Å². The monoisotopic (exact) mass is 438 g/mol. The molecule has 0 radical (unpaired) electrons. The van der Waals surface area contributed by atoms with Gasteiger partial charge in [-0.05, 0) is 44.0 Å². The van der Waals surface area contributed by atoms with Crippen LogP contribution in [0.2, 0.25) is 0 Å². The molecule has 2 aromatic rings. The van der Waals surface area contributed by atoms with Gasteiger partial charge in [-0.1, -0.05) is 42.5 Å². The van der Waals surface area contributed by atoms with Gasteiger partial charge < -0.3 is 20.1 Å². The van der Waals surface area contributed by atoms with Gasteiger partial charge in [-0.25, -0.2) is 4.79 Å². The number of halogens is 3. The lowest BCUT2D eigenvalue weighted by Gasteiger charge is -2.23. The molecular weight excluding hydrogens is 413 g/mol. The molecule has 6 nitrogen and oxygen atoms in total. The summed E-state index contributed by atoms with van der Waals surface area (Å²) >= 11 is 0. The summed E-state index contributed by atoms with van der Waals surface area (Å²) in [5.41, 5.74) is 0.684. The molecule has 0 aromatic heterocycles. The van der Waals surface area contributed by atoms with E-state index in [9.17, 15) is 22.8 Å². The Morgan fingerprint density at radius 2 is 1.55 bits per heavy atom. The molecule has 0 spiro atoms. The SMILES string of the molecule is CC(C)(C)OC(=O)NC(Cc1ccccc1)C(=O)NCc1ccc(OC(F)(F)F)cc1. The lowest BCUT2D eigenvalue weighted by molar-refractivity contribution is -0.274. The average molecular weight is 438 g/mol. The van der Waals surface area contributed by atoms with Crippen molar-refractivity contribution in [1.82, 2.24) is 10.6 Å². The molecule has 0 bridgehead atoms. The minimum atomic E-state index is -4.77. The van der Waals surface area contributed by atoms with E-state index >= 15 is 0 Å². The largest absolute Gasteiger partial charge is 0.573 e. The predicted octanol–water partition coefficient (Wildman–Crippen LogP) is 4.34. The number of alkyl halides is 3. The number of amides is 2. The molecule has 0 fully saturated rings. The molecule has 0 aliphatic carbocycles. The van der Waals surface area contributed by atoms with E-state index in [1.54, 1.807) is 20.8 Å². The van der Waals surface area contributed by atoms with Crippen molar-refractivity contribution in [2.24, 2.45) is 0 Å². The molecular formula is C22H25F3N2O4. The first-order valence-electron chi connectivity index (χ1n) is 9.57. The third kappa shape index (κ3) is 9.41. The third-order valence-electron chi connectivity index (χ3n) is 3.91. The minimum absolute atomic E-state index is 0.0619. The van der Waals surface area contributed by atoms with Gasteiger partial charge in [0, 0.05) is 13.0 Å². The van der Waals surface area contributed by atoms with Gasteiger partial charge in [0.25, 0.3) is 0 Å². The fourth-order valence-electron chi connectivity index (χ4n) is 2.63. The van der Waals surface area contributed by atoms with Gasteiger partial charge in [-0.15, -0.1) is 13.2 Å². The average Bonchev–Trinajstić information content (AvgIpc) is 2.65. The second kappa shape index (κ2) is 10.2. The summed E-state index contributed by atoms with van der Waals surface area (Å²) in [6, 6.07) is 13.4. The topological polar surface area (TPSA) is 76.7 Å². The van der Waals surface area contributed by atoms with E-state index in [2.05, 4.69) is 15.4 Å². The van der Waals surface area contributed by atoms with Crippen LogP contribution in [-0.2, 0) is 22.5 Å². The Bertz CT molecular complexity index is 863. The van der Waals surface area contributed by atoms with Gasteiger partial charge in [0.1, 0.15) is 17.4 Å². The smallest absolute Gasteiger partial charge is 0.444 e. The number of ether oxygens (including phenoxy) is 2. The Balaban J connectivity index is 2.01. The maximum Gasteiger partial charge on any atom is 0.573 e. The number of carbonyl (C=O) groups is 2. The van der Waals surface area contributed by atoms with Crippen molar-refractivity contribution in [3.8, 4) is 5.75 Å². The van der Waals surface area contributed by atoms with E-state index in [0.717, 1.165) is 17.7 Å². The van der Waals surface area contributed by atoms with E-state index in [4.69, 9.17) is 4.74 Å². The maximum atomic E-state index is 12.7. The molecule has 2 N–H and O–H groups in total.